The Morgan fingerprint density at radius 2 is 2.10 bits per heavy atom. The van der Waals surface area contributed by atoms with Crippen molar-refractivity contribution in [1.29, 1.82) is 0 Å². The Labute approximate surface area is 175 Å². The van der Waals surface area contributed by atoms with Crippen molar-refractivity contribution in [1.82, 2.24) is 0 Å². The number of rotatable bonds is 3. The molecule has 0 aliphatic carbocycles. The van der Waals surface area contributed by atoms with Gasteiger partial charge in [-0.1, -0.05) is 6.42 Å². The largest absolute Gasteiger partial charge is 0.465 e. The quantitative estimate of drug-likeness (QED) is 0.725. The Balaban J connectivity index is 2.02. The molecule has 2 N–H and O–H groups in total. The third-order valence-electron chi connectivity index (χ3n) is 5.21. The van der Waals surface area contributed by atoms with Gasteiger partial charge in [-0.2, -0.15) is 0 Å². The summed E-state index contributed by atoms with van der Waals surface area (Å²) in [4.78, 5) is 41.4. The molecule has 0 aromatic heterocycles. The topological polar surface area (TPSA) is 106 Å². The Bertz CT molecular complexity index is 919. The molecule has 160 valence electrons. The third kappa shape index (κ3) is 4.87. The van der Waals surface area contributed by atoms with E-state index in [1.807, 2.05) is 6.92 Å². The molecule has 1 unspecified atom stereocenters. The van der Waals surface area contributed by atoms with Crippen molar-refractivity contribution < 1.29 is 23.9 Å². The summed E-state index contributed by atoms with van der Waals surface area (Å²) in [7, 11) is 1.29. The molecule has 8 heteroatoms. The molecule has 0 saturated heterocycles. The number of esters is 1. The predicted molar refractivity (Wildman–Crippen MR) is 114 cm³/mol. The lowest BCUT2D eigenvalue weighted by Crippen LogP contribution is -2.26. The smallest absolute Gasteiger partial charge is 0.411 e. The van der Waals surface area contributed by atoms with Crippen LogP contribution in [0.2, 0.25) is 0 Å². The highest BCUT2D eigenvalue weighted by Gasteiger charge is 2.30. The second kappa shape index (κ2) is 9.56. The van der Waals surface area contributed by atoms with Gasteiger partial charge in [-0.15, -0.1) is 0 Å². The number of anilines is 2. The molecule has 2 amide bonds. The normalized spacial score (nSPS) is 19.0. The molecular weight excluding hydrogens is 386 g/mol. The zero-order valence-electron chi connectivity index (χ0n) is 17.5. The number of aliphatic imine (C=N–C) groups is 1. The van der Waals surface area contributed by atoms with Crippen LogP contribution in [0.4, 0.5) is 16.2 Å². The van der Waals surface area contributed by atoms with E-state index in [1.54, 1.807) is 25.1 Å². The van der Waals surface area contributed by atoms with Crippen molar-refractivity contribution in [3.05, 3.63) is 29.3 Å². The number of fused-ring (bicyclic) bond motifs is 3. The number of methoxy groups -OCH3 is 1. The first kappa shape index (κ1) is 21.5. The lowest BCUT2D eigenvalue weighted by molar-refractivity contribution is -0.145. The highest BCUT2D eigenvalue weighted by molar-refractivity contribution is 6.09. The SMILES string of the molecule is CCOC(=O)C1CCCCC(=O)Nc2cc(NC(=O)OC)ccc2C2=C(C)CC1=N2. The molecule has 1 aromatic carbocycles. The number of nitrogens with zero attached hydrogens (tertiary/aromatic N) is 1. The van der Waals surface area contributed by atoms with E-state index < -0.39 is 12.0 Å². The minimum atomic E-state index is -0.594. The fourth-order valence-corrected chi connectivity index (χ4v) is 3.74. The first-order valence-corrected chi connectivity index (χ1v) is 10.2. The second-order valence-electron chi connectivity index (χ2n) is 7.38. The summed E-state index contributed by atoms with van der Waals surface area (Å²) >= 11 is 0. The molecule has 0 radical (unpaired) electrons. The predicted octanol–water partition coefficient (Wildman–Crippen LogP) is 4.13. The summed E-state index contributed by atoms with van der Waals surface area (Å²) in [5.74, 6) is -0.784. The van der Waals surface area contributed by atoms with Gasteiger partial charge in [0.15, 0.2) is 0 Å². The van der Waals surface area contributed by atoms with Crippen LogP contribution < -0.4 is 10.6 Å². The lowest BCUT2D eigenvalue weighted by Gasteiger charge is -2.17. The van der Waals surface area contributed by atoms with E-state index >= 15 is 0 Å². The number of allylic oxidation sites excluding steroid dienone is 1. The van der Waals surface area contributed by atoms with Gasteiger partial charge < -0.3 is 14.8 Å². The van der Waals surface area contributed by atoms with E-state index in [1.165, 1.54) is 7.11 Å². The van der Waals surface area contributed by atoms with Crippen molar-refractivity contribution >= 4 is 40.8 Å². The third-order valence-corrected chi connectivity index (χ3v) is 5.21. The summed E-state index contributed by atoms with van der Waals surface area (Å²) in [6.07, 6.45) is 2.33. The van der Waals surface area contributed by atoms with Crippen LogP contribution in [-0.2, 0) is 19.1 Å². The van der Waals surface area contributed by atoms with Gasteiger partial charge in [0.05, 0.1) is 31.0 Å². The summed E-state index contributed by atoms with van der Waals surface area (Å²) in [6.45, 7) is 4.09. The van der Waals surface area contributed by atoms with Crippen LogP contribution >= 0.6 is 0 Å². The molecule has 0 spiro atoms. The lowest BCUT2D eigenvalue weighted by atomic mass is 9.93. The summed E-state index contributed by atoms with van der Waals surface area (Å²) < 4.78 is 9.91. The van der Waals surface area contributed by atoms with Gasteiger partial charge in [-0.05, 0) is 50.5 Å². The van der Waals surface area contributed by atoms with Gasteiger partial charge in [0.2, 0.25) is 5.91 Å². The van der Waals surface area contributed by atoms with Gasteiger partial charge in [-0.25, -0.2) is 4.79 Å². The van der Waals surface area contributed by atoms with Crippen LogP contribution in [0.5, 0.6) is 0 Å². The molecule has 1 aromatic rings. The van der Waals surface area contributed by atoms with Crippen molar-refractivity contribution in [3.8, 4) is 0 Å². The van der Waals surface area contributed by atoms with Crippen molar-refractivity contribution in [2.45, 2.75) is 46.0 Å². The highest BCUT2D eigenvalue weighted by atomic mass is 16.5. The standard InChI is InChI=1S/C22H27N3O5/c1-4-30-21(27)16-7-5-6-8-19(26)24-18-12-14(23-22(28)29-3)9-10-15(18)20-13(2)11-17(16)25-20/h9-10,12,16H,4-8,11H2,1-3H3,(H,23,28)(H,24,26). The van der Waals surface area contributed by atoms with E-state index in [0.717, 1.165) is 29.0 Å². The van der Waals surface area contributed by atoms with E-state index in [4.69, 9.17) is 9.73 Å². The molecule has 1 atom stereocenters. The minimum Gasteiger partial charge on any atom is -0.465 e. The Morgan fingerprint density at radius 1 is 1.30 bits per heavy atom. The average Bonchev–Trinajstić information content (AvgIpc) is 3.08. The highest BCUT2D eigenvalue weighted by Crippen LogP contribution is 2.37. The maximum atomic E-state index is 12.5. The van der Waals surface area contributed by atoms with E-state index in [2.05, 4.69) is 15.4 Å². The molecule has 30 heavy (non-hydrogen) atoms. The Morgan fingerprint density at radius 3 is 2.83 bits per heavy atom. The van der Waals surface area contributed by atoms with E-state index in [-0.39, 0.29) is 11.9 Å². The molecular formula is C22H27N3O5. The fourth-order valence-electron chi connectivity index (χ4n) is 3.74. The maximum Gasteiger partial charge on any atom is 0.411 e. The van der Waals surface area contributed by atoms with Gasteiger partial charge in [0.1, 0.15) is 0 Å². The monoisotopic (exact) mass is 413 g/mol. The summed E-state index contributed by atoms with van der Waals surface area (Å²) in [5, 5.41) is 5.55. The number of nitrogens with one attached hydrogen (secondary N) is 2. The molecule has 8 nitrogen and oxygen atoms in total. The molecule has 2 heterocycles. The van der Waals surface area contributed by atoms with Crippen LogP contribution in [0.3, 0.4) is 0 Å². The number of amides is 2. The molecule has 2 aliphatic heterocycles. The molecule has 2 bridgehead atoms. The second-order valence-corrected chi connectivity index (χ2v) is 7.38. The average molecular weight is 413 g/mol. The van der Waals surface area contributed by atoms with E-state index in [0.29, 0.717) is 43.7 Å². The van der Waals surface area contributed by atoms with E-state index in [9.17, 15) is 14.4 Å². The summed E-state index contributed by atoms with van der Waals surface area (Å²) in [6, 6.07) is 5.22. The van der Waals surface area contributed by atoms with Crippen LogP contribution in [0.15, 0.2) is 28.8 Å². The van der Waals surface area contributed by atoms with Crippen LogP contribution in [0.25, 0.3) is 5.70 Å². The number of ether oxygens (including phenoxy) is 2. The van der Waals surface area contributed by atoms with Gasteiger partial charge in [0, 0.05) is 29.8 Å². The summed E-state index contributed by atoms with van der Waals surface area (Å²) in [5.41, 5.74) is 4.35. The van der Waals surface area contributed by atoms with Crippen LogP contribution in [0.1, 0.15) is 51.5 Å². The molecule has 0 fully saturated rings. The fraction of sp³-hybridized carbons (Fsp3) is 0.455. The number of carbonyl (C=O) groups is 3. The first-order valence-electron chi connectivity index (χ1n) is 10.2. The minimum absolute atomic E-state index is 0.125. The zero-order valence-corrected chi connectivity index (χ0v) is 17.5. The van der Waals surface area contributed by atoms with Crippen molar-refractivity contribution in [2.75, 3.05) is 24.4 Å². The van der Waals surface area contributed by atoms with Crippen molar-refractivity contribution in [3.63, 3.8) is 0 Å². The first-order chi connectivity index (χ1) is 14.4. The Hall–Kier alpha value is -3.16. The maximum absolute atomic E-state index is 12.5. The number of carbonyl (C=O) groups excluding carboxylic acids is 3. The van der Waals surface area contributed by atoms with Crippen LogP contribution in [-0.4, -0.2) is 37.4 Å². The molecule has 2 aliphatic rings. The van der Waals surface area contributed by atoms with Crippen molar-refractivity contribution in [2.24, 2.45) is 10.9 Å². The van der Waals surface area contributed by atoms with Gasteiger partial charge in [0.25, 0.3) is 0 Å². The van der Waals surface area contributed by atoms with Gasteiger partial charge in [-0.3, -0.25) is 19.9 Å². The van der Waals surface area contributed by atoms with Crippen LogP contribution in [0, 0.1) is 5.92 Å². The number of benzene rings is 1. The van der Waals surface area contributed by atoms with Gasteiger partial charge >= 0.3 is 12.1 Å². The Kier molecular flexibility index (Phi) is 6.87. The number of hydrogen-bond donors (Lipinski definition) is 2. The molecule has 0 saturated carbocycles. The number of hydrogen-bond acceptors (Lipinski definition) is 6. The zero-order chi connectivity index (χ0) is 21.7. The molecule has 3 rings (SSSR count).